The maximum Gasteiger partial charge on any atom is 0.228 e. The van der Waals surface area contributed by atoms with Crippen LogP contribution in [0.2, 0.25) is 0 Å². The van der Waals surface area contributed by atoms with Crippen LogP contribution < -0.4 is 11.1 Å². The lowest BCUT2D eigenvalue weighted by atomic mass is 9.73. The molecule has 4 rings (SSSR count). The molecule has 0 bridgehead atoms. The van der Waals surface area contributed by atoms with E-state index in [2.05, 4.69) is 15.3 Å². The number of benzene rings is 1. The van der Waals surface area contributed by atoms with Crippen LogP contribution in [-0.2, 0) is 4.79 Å². The molecule has 0 aliphatic heterocycles. The third-order valence-corrected chi connectivity index (χ3v) is 6.20. The molecule has 0 saturated heterocycles. The monoisotopic (exact) mass is 410 g/mol. The fraction of sp³-hybridized carbons (Fsp3) is 0.348. The summed E-state index contributed by atoms with van der Waals surface area (Å²) in [5.41, 5.74) is 7.77. The van der Waals surface area contributed by atoms with E-state index in [1.165, 1.54) is 6.07 Å². The average molecular weight is 410 g/mol. The molecule has 1 saturated carbocycles. The summed E-state index contributed by atoms with van der Waals surface area (Å²) in [4.78, 5) is 20.9. The average Bonchev–Trinajstić information content (AvgIpc) is 2.75. The Bertz CT molecular complexity index is 1080. The first-order chi connectivity index (χ1) is 14.4. The van der Waals surface area contributed by atoms with Crippen molar-refractivity contribution in [2.45, 2.75) is 38.5 Å². The summed E-state index contributed by atoms with van der Waals surface area (Å²) in [6.45, 7) is 1.90. The van der Waals surface area contributed by atoms with Crippen LogP contribution in [0.15, 0.2) is 42.7 Å². The first kappa shape index (κ1) is 20.2. The van der Waals surface area contributed by atoms with E-state index < -0.39 is 5.82 Å². The van der Waals surface area contributed by atoms with Crippen LogP contribution in [0.1, 0.15) is 44.1 Å². The minimum atomic E-state index is -0.541. The highest BCUT2D eigenvalue weighted by molar-refractivity contribution is 5.94. The molecule has 1 fully saturated rings. The van der Waals surface area contributed by atoms with Gasteiger partial charge in [-0.3, -0.25) is 9.78 Å². The molecule has 0 unspecified atom stereocenters. The van der Waals surface area contributed by atoms with Crippen LogP contribution in [0.4, 0.5) is 20.3 Å². The summed E-state index contributed by atoms with van der Waals surface area (Å²) in [5, 5.41) is 3.58. The van der Waals surface area contributed by atoms with Gasteiger partial charge in [0, 0.05) is 23.6 Å². The minimum absolute atomic E-state index is 0.107. The number of amides is 1. The van der Waals surface area contributed by atoms with Crippen molar-refractivity contribution in [3.05, 3.63) is 59.9 Å². The molecule has 7 heteroatoms. The molecular formula is C23H24F2N4O. The van der Waals surface area contributed by atoms with Crippen LogP contribution in [0.25, 0.3) is 10.9 Å². The minimum Gasteiger partial charge on any atom is -0.396 e. The SMILES string of the molecule is C[C@@H](C(=O)Nc1ncc(F)cc1N)C1CCC(c2ccnc3ccc(F)cc23)CC1. The van der Waals surface area contributed by atoms with Gasteiger partial charge in [-0.2, -0.15) is 0 Å². The number of pyridine rings is 2. The molecule has 30 heavy (non-hydrogen) atoms. The van der Waals surface area contributed by atoms with Gasteiger partial charge in [-0.1, -0.05) is 6.92 Å². The van der Waals surface area contributed by atoms with Gasteiger partial charge in [0.1, 0.15) is 11.6 Å². The second-order valence-electron chi connectivity index (χ2n) is 8.04. The highest BCUT2D eigenvalue weighted by Gasteiger charge is 2.30. The van der Waals surface area contributed by atoms with Crippen molar-refractivity contribution in [1.82, 2.24) is 9.97 Å². The number of halogens is 2. The summed E-state index contributed by atoms with van der Waals surface area (Å²) in [5.74, 6) is -0.451. The van der Waals surface area contributed by atoms with Gasteiger partial charge in [-0.25, -0.2) is 13.8 Å². The number of nitrogens with zero attached hydrogens (tertiary/aromatic N) is 2. The Morgan fingerprint density at radius 2 is 1.87 bits per heavy atom. The van der Waals surface area contributed by atoms with Gasteiger partial charge in [0.15, 0.2) is 5.82 Å². The fourth-order valence-corrected chi connectivity index (χ4v) is 4.43. The molecule has 5 nitrogen and oxygen atoms in total. The molecule has 1 atom stereocenters. The number of hydrogen-bond donors (Lipinski definition) is 2. The maximum atomic E-state index is 13.8. The van der Waals surface area contributed by atoms with Crippen molar-refractivity contribution in [3.8, 4) is 0 Å². The molecule has 3 N–H and O–H groups in total. The van der Waals surface area contributed by atoms with E-state index in [1.54, 1.807) is 18.3 Å². The van der Waals surface area contributed by atoms with Crippen LogP contribution >= 0.6 is 0 Å². The molecular weight excluding hydrogens is 386 g/mol. The van der Waals surface area contributed by atoms with E-state index in [4.69, 9.17) is 5.73 Å². The van der Waals surface area contributed by atoms with Crippen LogP contribution in [0, 0.1) is 23.5 Å². The highest BCUT2D eigenvalue weighted by Crippen LogP contribution is 2.41. The van der Waals surface area contributed by atoms with E-state index in [9.17, 15) is 13.6 Å². The Morgan fingerprint density at radius 3 is 2.60 bits per heavy atom. The normalized spacial score (nSPS) is 20.1. The van der Waals surface area contributed by atoms with E-state index in [1.807, 2.05) is 13.0 Å². The van der Waals surface area contributed by atoms with Gasteiger partial charge >= 0.3 is 0 Å². The summed E-state index contributed by atoms with van der Waals surface area (Å²) >= 11 is 0. The zero-order valence-electron chi connectivity index (χ0n) is 16.7. The molecule has 3 aromatic rings. The molecule has 0 spiro atoms. The number of nitrogens with one attached hydrogen (secondary N) is 1. The topological polar surface area (TPSA) is 80.9 Å². The van der Waals surface area contributed by atoms with Crippen LogP contribution in [-0.4, -0.2) is 15.9 Å². The molecule has 0 radical (unpaired) electrons. The van der Waals surface area contributed by atoms with Crippen molar-refractivity contribution in [3.63, 3.8) is 0 Å². The third kappa shape index (κ3) is 4.10. The Kier molecular flexibility index (Phi) is 5.61. The maximum absolute atomic E-state index is 13.8. The Balaban J connectivity index is 1.42. The molecule has 2 heterocycles. The molecule has 1 aliphatic carbocycles. The van der Waals surface area contributed by atoms with Gasteiger partial charge in [0.2, 0.25) is 5.91 Å². The van der Waals surface area contributed by atoms with Crippen molar-refractivity contribution < 1.29 is 13.6 Å². The lowest BCUT2D eigenvalue weighted by Gasteiger charge is -2.32. The van der Waals surface area contributed by atoms with Gasteiger partial charge < -0.3 is 11.1 Å². The quantitative estimate of drug-likeness (QED) is 0.631. The second kappa shape index (κ2) is 8.34. The first-order valence-electron chi connectivity index (χ1n) is 10.2. The number of nitrogen functional groups attached to an aromatic ring is 1. The lowest BCUT2D eigenvalue weighted by Crippen LogP contribution is -2.30. The number of nitrogens with two attached hydrogens (primary N) is 1. The molecule has 2 aromatic heterocycles. The van der Waals surface area contributed by atoms with Gasteiger partial charge in [-0.05, 0) is 67.3 Å². The summed E-state index contributed by atoms with van der Waals surface area (Å²) in [7, 11) is 0. The van der Waals surface area contributed by atoms with E-state index in [-0.39, 0.29) is 35.1 Å². The van der Waals surface area contributed by atoms with Crippen LogP contribution in [0.5, 0.6) is 0 Å². The third-order valence-electron chi connectivity index (χ3n) is 6.20. The number of anilines is 2. The Morgan fingerprint density at radius 1 is 1.10 bits per heavy atom. The number of carbonyl (C=O) groups is 1. The lowest BCUT2D eigenvalue weighted by molar-refractivity contribution is -0.121. The summed E-state index contributed by atoms with van der Waals surface area (Å²) in [6.07, 6.45) is 6.45. The van der Waals surface area contributed by atoms with Crippen molar-refractivity contribution in [2.24, 2.45) is 11.8 Å². The Labute approximate surface area is 173 Å². The van der Waals surface area contributed by atoms with Crippen molar-refractivity contribution in [2.75, 3.05) is 11.1 Å². The zero-order valence-corrected chi connectivity index (χ0v) is 16.7. The fourth-order valence-electron chi connectivity index (χ4n) is 4.43. The van der Waals surface area contributed by atoms with Crippen LogP contribution in [0.3, 0.4) is 0 Å². The molecule has 1 aromatic carbocycles. The van der Waals surface area contributed by atoms with E-state index in [0.717, 1.165) is 54.4 Å². The smallest absolute Gasteiger partial charge is 0.228 e. The standard InChI is InChI=1S/C23H24F2N4O/c1-13(23(30)29-22-20(26)11-17(25)12-28-22)14-2-4-15(5-3-14)18-8-9-27-21-7-6-16(24)10-19(18)21/h6-15H,2-5,26H2,1H3,(H,28,29,30)/t13-,14?,15?/m1/s1. The van der Waals surface area contributed by atoms with Crippen molar-refractivity contribution >= 4 is 28.3 Å². The van der Waals surface area contributed by atoms with Gasteiger partial charge in [0.25, 0.3) is 0 Å². The highest BCUT2D eigenvalue weighted by atomic mass is 19.1. The number of aromatic nitrogens is 2. The number of hydrogen-bond acceptors (Lipinski definition) is 4. The van der Waals surface area contributed by atoms with E-state index in [0.29, 0.717) is 5.92 Å². The zero-order chi connectivity index (χ0) is 21.3. The number of rotatable bonds is 4. The predicted molar refractivity (Wildman–Crippen MR) is 113 cm³/mol. The van der Waals surface area contributed by atoms with Gasteiger partial charge in [-0.15, -0.1) is 0 Å². The Hall–Kier alpha value is -3.09. The molecule has 156 valence electrons. The number of carbonyl (C=O) groups excluding carboxylic acids is 1. The summed E-state index contributed by atoms with van der Waals surface area (Å²) in [6, 6.07) is 7.81. The molecule has 1 aliphatic rings. The summed E-state index contributed by atoms with van der Waals surface area (Å²) < 4.78 is 26.9. The van der Waals surface area contributed by atoms with Crippen molar-refractivity contribution in [1.29, 1.82) is 0 Å². The second-order valence-corrected chi connectivity index (χ2v) is 8.04. The van der Waals surface area contributed by atoms with E-state index >= 15 is 0 Å². The van der Waals surface area contributed by atoms with Gasteiger partial charge in [0.05, 0.1) is 17.4 Å². The molecule has 1 amide bonds. The number of fused-ring (bicyclic) bond motifs is 1. The largest absolute Gasteiger partial charge is 0.396 e. The first-order valence-corrected chi connectivity index (χ1v) is 10.2. The predicted octanol–water partition coefficient (Wildman–Crippen LogP) is 5.04.